The largest absolute Gasteiger partial charge is 0.419 e. The second-order valence-electron chi connectivity index (χ2n) is 4.43. The summed E-state index contributed by atoms with van der Waals surface area (Å²) in [5, 5.41) is 8.94. The standard InChI is InChI=1S/C10H11F4N3O3/c11-5-3-17(8(19)16-7(5)15)6-1-2-9(4-18,20-6)10(12,13)14/h3,6,18H,1-2,4H2,(H2,15,16,19)/t6-,9+/m1/s1. The normalized spacial score (nSPS) is 26.9. The number of alkyl halides is 3. The molecule has 6 nitrogen and oxygen atoms in total. The van der Waals surface area contributed by atoms with E-state index in [4.69, 9.17) is 15.6 Å². The quantitative estimate of drug-likeness (QED) is 0.779. The summed E-state index contributed by atoms with van der Waals surface area (Å²) in [5.74, 6) is -1.69. The van der Waals surface area contributed by atoms with Gasteiger partial charge < -0.3 is 15.6 Å². The Kier molecular flexibility index (Phi) is 3.46. The van der Waals surface area contributed by atoms with Crippen molar-refractivity contribution in [3.05, 3.63) is 22.5 Å². The molecule has 2 atom stereocenters. The number of aliphatic hydroxyl groups is 1. The van der Waals surface area contributed by atoms with Crippen molar-refractivity contribution in [1.29, 1.82) is 0 Å². The number of nitrogen functional groups attached to an aromatic ring is 1. The van der Waals surface area contributed by atoms with Crippen molar-refractivity contribution < 1.29 is 27.4 Å². The first-order chi connectivity index (χ1) is 9.20. The molecule has 0 aliphatic carbocycles. The number of anilines is 1. The Morgan fingerprint density at radius 1 is 1.60 bits per heavy atom. The number of halogens is 4. The summed E-state index contributed by atoms with van der Waals surface area (Å²) < 4.78 is 57.2. The molecule has 0 aromatic carbocycles. The van der Waals surface area contributed by atoms with Crippen LogP contribution in [-0.2, 0) is 4.74 Å². The summed E-state index contributed by atoms with van der Waals surface area (Å²) in [4.78, 5) is 14.6. The van der Waals surface area contributed by atoms with Gasteiger partial charge in [0.1, 0.15) is 6.23 Å². The molecule has 3 N–H and O–H groups in total. The Morgan fingerprint density at radius 3 is 2.75 bits per heavy atom. The van der Waals surface area contributed by atoms with Crippen molar-refractivity contribution in [2.45, 2.75) is 30.8 Å². The van der Waals surface area contributed by atoms with E-state index in [1.54, 1.807) is 0 Å². The van der Waals surface area contributed by atoms with Crippen LogP contribution in [0.2, 0.25) is 0 Å². The number of aliphatic hydroxyl groups excluding tert-OH is 1. The van der Waals surface area contributed by atoms with E-state index in [0.717, 1.165) is 0 Å². The van der Waals surface area contributed by atoms with E-state index in [-0.39, 0.29) is 6.42 Å². The lowest BCUT2D eigenvalue weighted by Gasteiger charge is -2.29. The highest BCUT2D eigenvalue weighted by Crippen LogP contribution is 2.46. The van der Waals surface area contributed by atoms with Gasteiger partial charge in [-0.15, -0.1) is 0 Å². The van der Waals surface area contributed by atoms with Gasteiger partial charge in [0.15, 0.2) is 17.2 Å². The van der Waals surface area contributed by atoms with E-state index in [9.17, 15) is 22.4 Å². The van der Waals surface area contributed by atoms with Crippen molar-refractivity contribution in [2.75, 3.05) is 12.3 Å². The number of rotatable bonds is 2. The molecule has 0 unspecified atom stereocenters. The highest BCUT2D eigenvalue weighted by molar-refractivity contribution is 5.26. The fourth-order valence-electron chi connectivity index (χ4n) is 2.01. The molecule has 1 aromatic rings. The first kappa shape index (κ1) is 14.7. The lowest BCUT2D eigenvalue weighted by atomic mass is 10.0. The van der Waals surface area contributed by atoms with Gasteiger partial charge in [-0.1, -0.05) is 0 Å². The van der Waals surface area contributed by atoms with Crippen molar-refractivity contribution in [2.24, 2.45) is 0 Å². The SMILES string of the molecule is Nc1nc(=O)n([C@H]2CC[C@](CO)(C(F)(F)F)O2)cc1F. The molecule has 1 aliphatic rings. The Bertz CT molecular complexity index is 574. The van der Waals surface area contributed by atoms with Gasteiger partial charge in [-0.05, 0) is 12.8 Å². The first-order valence-electron chi connectivity index (χ1n) is 5.60. The zero-order chi connectivity index (χ0) is 15.1. The Labute approximate surface area is 109 Å². The summed E-state index contributed by atoms with van der Waals surface area (Å²) in [6.45, 7) is -1.29. The Hall–Kier alpha value is -1.68. The lowest BCUT2D eigenvalue weighted by molar-refractivity contribution is -0.288. The summed E-state index contributed by atoms with van der Waals surface area (Å²) in [6, 6.07) is 0. The maximum Gasteiger partial charge on any atom is 0.419 e. The molecule has 1 aromatic heterocycles. The van der Waals surface area contributed by atoms with Gasteiger partial charge in [0.05, 0.1) is 12.8 Å². The number of hydrogen-bond acceptors (Lipinski definition) is 5. The minimum absolute atomic E-state index is 0.217. The topological polar surface area (TPSA) is 90.4 Å². The predicted octanol–water partition coefficient (Wildman–Crippen LogP) is 0.567. The highest BCUT2D eigenvalue weighted by Gasteiger charge is 2.60. The van der Waals surface area contributed by atoms with Gasteiger partial charge in [0.25, 0.3) is 0 Å². The third kappa shape index (κ3) is 2.24. The third-order valence-electron chi connectivity index (χ3n) is 3.17. The van der Waals surface area contributed by atoms with Crippen LogP contribution >= 0.6 is 0 Å². The first-order valence-corrected chi connectivity index (χ1v) is 5.60. The highest BCUT2D eigenvalue weighted by atomic mass is 19.4. The molecule has 1 fully saturated rings. The molecule has 2 rings (SSSR count). The summed E-state index contributed by atoms with van der Waals surface area (Å²) in [5.41, 5.74) is 1.30. The van der Waals surface area contributed by atoms with Gasteiger partial charge in [-0.2, -0.15) is 18.2 Å². The van der Waals surface area contributed by atoms with E-state index in [1.165, 1.54) is 0 Å². The third-order valence-corrected chi connectivity index (χ3v) is 3.17. The van der Waals surface area contributed by atoms with Crippen LogP contribution in [0.1, 0.15) is 19.1 Å². The van der Waals surface area contributed by atoms with Crippen molar-refractivity contribution in [1.82, 2.24) is 9.55 Å². The van der Waals surface area contributed by atoms with Gasteiger partial charge in [-0.25, -0.2) is 9.18 Å². The molecular weight excluding hydrogens is 286 g/mol. The fraction of sp³-hybridized carbons (Fsp3) is 0.600. The number of nitrogens with two attached hydrogens (primary N) is 1. The number of nitrogens with zero attached hydrogens (tertiary/aromatic N) is 2. The fourth-order valence-corrected chi connectivity index (χ4v) is 2.01. The van der Waals surface area contributed by atoms with E-state index in [1.807, 2.05) is 0 Å². The van der Waals surface area contributed by atoms with Crippen LogP contribution in [0.25, 0.3) is 0 Å². The van der Waals surface area contributed by atoms with Crippen LogP contribution in [0.15, 0.2) is 11.0 Å². The summed E-state index contributed by atoms with van der Waals surface area (Å²) >= 11 is 0. The zero-order valence-electron chi connectivity index (χ0n) is 10.0. The van der Waals surface area contributed by atoms with Crippen LogP contribution in [0.5, 0.6) is 0 Å². The summed E-state index contributed by atoms with van der Waals surface area (Å²) in [7, 11) is 0. The molecule has 1 aliphatic heterocycles. The van der Waals surface area contributed by atoms with Crippen LogP contribution < -0.4 is 11.4 Å². The maximum absolute atomic E-state index is 13.2. The smallest absolute Gasteiger partial charge is 0.393 e. The van der Waals surface area contributed by atoms with Gasteiger partial charge >= 0.3 is 11.9 Å². The average molecular weight is 297 g/mol. The molecule has 0 spiro atoms. The van der Waals surface area contributed by atoms with Crippen molar-refractivity contribution in [3.8, 4) is 0 Å². The van der Waals surface area contributed by atoms with Crippen molar-refractivity contribution in [3.63, 3.8) is 0 Å². The van der Waals surface area contributed by atoms with Crippen LogP contribution in [0, 0.1) is 5.82 Å². The van der Waals surface area contributed by atoms with Crippen LogP contribution in [0.3, 0.4) is 0 Å². The molecule has 10 heteroatoms. The van der Waals surface area contributed by atoms with Gasteiger partial charge in [0, 0.05) is 0 Å². The van der Waals surface area contributed by atoms with Crippen LogP contribution in [0.4, 0.5) is 23.4 Å². The number of hydrogen-bond donors (Lipinski definition) is 2. The van der Waals surface area contributed by atoms with E-state index in [2.05, 4.69) is 4.98 Å². The molecule has 0 radical (unpaired) electrons. The predicted molar refractivity (Wildman–Crippen MR) is 58.1 cm³/mol. The number of aromatic nitrogens is 2. The molecular formula is C10H11F4N3O3. The number of ether oxygens (including phenoxy) is 1. The van der Waals surface area contributed by atoms with E-state index in [0.29, 0.717) is 10.8 Å². The Morgan fingerprint density at radius 2 is 2.25 bits per heavy atom. The molecule has 1 saturated heterocycles. The van der Waals surface area contributed by atoms with Crippen LogP contribution in [-0.4, -0.2) is 33.0 Å². The zero-order valence-corrected chi connectivity index (χ0v) is 10.0. The minimum Gasteiger partial charge on any atom is -0.393 e. The molecule has 0 amide bonds. The molecule has 20 heavy (non-hydrogen) atoms. The van der Waals surface area contributed by atoms with E-state index >= 15 is 0 Å². The van der Waals surface area contributed by atoms with Gasteiger partial charge in [0.2, 0.25) is 0 Å². The summed E-state index contributed by atoms with van der Waals surface area (Å²) in [6.07, 6.45) is -6.29. The Balaban J connectivity index is 2.35. The molecule has 2 heterocycles. The second-order valence-corrected chi connectivity index (χ2v) is 4.43. The average Bonchev–Trinajstić information content (AvgIpc) is 2.78. The van der Waals surface area contributed by atoms with Crippen molar-refractivity contribution >= 4 is 5.82 Å². The van der Waals surface area contributed by atoms with Gasteiger partial charge in [-0.3, -0.25) is 4.57 Å². The minimum atomic E-state index is -4.81. The monoisotopic (exact) mass is 297 g/mol. The molecule has 0 saturated carbocycles. The maximum atomic E-state index is 13.2. The second kappa shape index (κ2) is 4.70. The lowest BCUT2D eigenvalue weighted by Crippen LogP contribution is -2.48. The molecule has 0 bridgehead atoms. The van der Waals surface area contributed by atoms with E-state index < -0.39 is 48.4 Å². The molecule has 112 valence electrons.